The van der Waals surface area contributed by atoms with Crippen LogP contribution in [0, 0.1) is 5.82 Å². The van der Waals surface area contributed by atoms with E-state index >= 15 is 0 Å². The van der Waals surface area contributed by atoms with Crippen molar-refractivity contribution in [2.24, 2.45) is 0 Å². The van der Waals surface area contributed by atoms with E-state index in [9.17, 15) is 4.39 Å². The van der Waals surface area contributed by atoms with Gasteiger partial charge in [0.15, 0.2) is 0 Å². The van der Waals surface area contributed by atoms with Gasteiger partial charge in [0.1, 0.15) is 5.82 Å². The molecular weight excluding hydrogens is 303 g/mol. The average Bonchev–Trinajstić information content (AvgIpc) is 2.76. The summed E-state index contributed by atoms with van der Waals surface area (Å²) < 4.78 is 13.9. The summed E-state index contributed by atoms with van der Waals surface area (Å²) in [5.74, 6) is -0.300. The Balaban J connectivity index is 2.24. The molecular formula is C12H12BrFN2S. The molecule has 0 spiro atoms. The fourth-order valence-electron chi connectivity index (χ4n) is 1.62. The molecule has 1 aromatic heterocycles. The first-order chi connectivity index (χ1) is 8.08. The Morgan fingerprint density at radius 3 is 2.88 bits per heavy atom. The van der Waals surface area contributed by atoms with Gasteiger partial charge in [0.05, 0.1) is 15.8 Å². The van der Waals surface area contributed by atoms with E-state index in [1.165, 1.54) is 11.6 Å². The molecule has 0 aliphatic carbocycles. The van der Waals surface area contributed by atoms with Crippen LogP contribution in [-0.4, -0.2) is 7.05 Å². The molecule has 0 saturated carbocycles. The molecule has 2 aromatic rings. The third kappa shape index (κ3) is 2.79. The molecule has 2 rings (SSSR count). The lowest BCUT2D eigenvalue weighted by Gasteiger charge is -2.21. The van der Waals surface area contributed by atoms with Gasteiger partial charge in [-0.1, -0.05) is 0 Å². The maximum absolute atomic E-state index is 13.5. The van der Waals surface area contributed by atoms with E-state index in [0.717, 1.165) is 6.54 Å². The van der Waals surface area contributed by atoms with E-state index in [1.807, 2.05) is 23.4 Å². The number of rotatable bonds is 3. The van der Waals surface area contributed by atoms with Crippen LogP contribution in [0.1, 0.15) is 5.56 Å². The Bertz CT molecular complexity index is 513. The lowest BCUT2D eigenvalue weighted by atomic mass is 10.2. The van der Waals surface area contributed by atoms with Crippen LogP contribution in [0.15, 0.2) is 33.4 Å². The molecule has 0 bridgehead atoms. The SMILES string of the molecule is CN(Cc1ccsc1)c1cc(F)c(Br)cc1N. The van der Waals surface area contributed by atoms with Gasteiger partial charge in [-0.15, -0.1) is 0 Å². The summed E-state index contributed by atoms with van der Waals surface area (Å²) in [7, 11) is 1.90. The van der Waals surface area contributed by atoms with Gasteiger partial charge in [-0.25, -0.2) is 4.39 Å². The first-order valence-corrected chi connectivity index (χ1v) is 6.78. The predicted molar refractivity (Wildman–Crippen MR) is 74.9 cm³/mol. The zero-order valence-electron chi connectivity index (χ0n) is 9.28. The van der Waals surface area contributed by atoms with Gasteiger partial charge in [-0.05, 0) is 44.4 Å². The first-order valence-electron chi connectivity index (χ1n) is 5.04. The monoisotopic (exact) mass is 314 g/mol. The third-order valence-corrected chi connectivity index (χ3v) is 3.82. The standard InChI is InChI=1S/C12H12BrFN2S/c1-16(6-8-2-3-17-7-8)12-5-10(14)9(13)4-11(12)15/h2-5,7H,6,15H2,1H3. The zero-order valence-corrected chi connectivity index (χ0v) is 11.7. The highest BCUT2D eigenvalue weighted by atomic mass is 79.9. The number of hydrogen-bond acceptors (Lipinski definition) is 3. The fraction of sp³-hybridized carbons (Fsp3) is 0.167. The van der Waals surface area contributed by atoms with Crippen LogP contribution in [0.3, 0.4) is 0 Å². The van der Waals surface area contributed by atoms with Crippen molar-refractivity contribution in [1.82, 2.24) is 0 Å². The highest BCUT2D eigenvalue weighted by Crippen LogP contribution is 2.29. The minimum Gasteiger partial charge on any atom is -0.397 e. The fourth-order valence-corrected chi connectivity index (χ4v) is 2.64. The molecule has 0 amide bonds. The lowest BCUT2D eigenvalue weighted by molar-refractivity contribution is 0.620. The molecule has 0 saturated heterocycles. The van der Waals surface area contributed by atoms with E-state index < -0.39 is 0 Å². The third-order valence-electron chi connectivity index (χ3n) is 2.48. The molecule has 17 heavy (non-hydrogen) atoms. The van der Waals surface area contributed by atoms with Gasteiger partial charge in [0, 0.05) is 19.7 Å². The van der Waals surface area contributed by atoms with E-state index in [2.05, 4.69) is 21.3 Å². The second kappa shape index (κ2) is 5.06. The van der Waals surface area contributed by atoms with E-state index in [1.54, 1.807) is 17.4 Å². The summed E-state index contributed by atoms with van der Waals surface area (Å²) in [5.41, 5.74) is 8.35. The number of hydrogen-bond donors (Lipinski definition) is 1. The molecule has 0 atom stereocenters. The van der Waals surface area contributed by atoms with Crippen molar-refractivity contribution < 1.29 is 4.39 Å². The summed E-state index contributed by atoms with van der Waals surface area (Å²) in [5, 5.41) is 4.09. The minimum absolute atomic E-state index is 0.300. The van der Waals surface area contributed by atoms with Crippen LogP contribution in [0.5, 0.6) is 0 Å². The maximum atomic E-state index is 13.5. The molecule has 2 N–H and O–H groups in total. The topological polar surface area (TPSA) is 29.3 Å². The number of nitrogen functional groups attached to an aromatic ring is 1. The number of benzene rings is 1. The van der Waals surface area contributed by atoms with Gasteiger partial charge in [-0.3, -0.25) is 0 Å². The van der Waals surface area contributed by atoms with Crippen molar-refractivity contribution in [1.29, 1.82) is 0 Å². The molecule has 1 aromatic carbocycles. The Labute approximate surface area is 112 Å². The molecule has 1 heterocycles. The van der Waals surface area contributed by atoms with Crippen molar-refractivity contribution >= 4 is 38.6 Å². The van der Waals surface area contributed by atoms with Crippen LogP contribution in [0.4, 0.5) is 15.8 Å². The van der Waals surface area contributed by atoms with Crippen LogP contribution in [0.2, 0.25) is 0 Å². The second-order valence-electron chi connectivity index (χ2n) is 3.81. The smallest absolute Gasteiger partial charge is 0.139 e. The van der Waals surface area contributed by atoms with E-state index in [0.29, 0.717) is 15.8 Å². The summed E-state index contributed by atoms with van der Waals surface area (Å²) in [6.45, 7) is 0.717. The summed E-state index contributed by atoms with van der Waals surface area (Å²) >= 11 is 4.77. The molecule has 0 unspecified atom stereocenters. The Morgan fingerprint density at radius 2 is 2.24 bits per heavy atom. The molecule has 0 aliphatic rings. The minimum atomic E-state index is -0.300. The summed E-state index contributed by atoms with van der Waals surface area (Å²) in [6, 6.07) is 5.09. The number of thiophene rings is 1. The van der Waals surface area contributed by atoms with Gasteiger partial charge < -0.3 is 10.6 Å². The molecule has 2 nitrogen and oxygen atoms in total. The molecule has 5 heteroatoms. The number of nitrogens with two attached hydrogens (primary N) is 1. The van der Waals surface area contributed by atoms with E-state index in [-0.39, 0.29) is 5.82 Å². The molecule has 0 aliphatic heterocycles. The molecule has 0 fully saturated rings. The van der Waals surface area contributed by atoms with Gasteiger partial charge in [0.25, 0.3) is 0 Å². The Kier molecular flexibility index (Phi) is 3.69. The second-order valence-corrected chi connectivity index (χ2v) is 5.45. The number of halogens is 2. The van der Waals surface area contributed by atoms with E-state index in [4.69, 9.17) is 5.73 Å². The van der Waals surface area contributed by atoms with Crippen LogP contribution in [-0.2, 0) is 6.54 Å². The number of anilines is 2. The lowest BCUT2D eigenvalue weighted by Crippen LogP contribution is -2.17. The highest BCUT2D eigenvalue weighted by Gasteiger charge is 2.10. The van der Waals surface area contributed by atoms with Crippen LogP contribution < -0.4 is 10.6 Å². The normalized spacial score (nSPS) is 10.5. The zero-order chi connectivity index (χ0) is 12.4. The molecule has 90 valence electrons. The largest absolute Gasteiger partial charge is 0.397 e. The Hall–Kier alpha value is -1.07. The number of nitrogens with zero attached hydrogens (tertiary/aromatic N) is 1. The predicted octanol–water partition coefficient (Wildman–Crippen LogP) is 3.87. The van der Waals surface area contributed by atoms with Crippen LogP contribution >= 0.6 is 27.3 Å². The van der Waals surface area contributed by atoms with Crippen molar-refractivity contribution in [2.45, 2.75) is 6.54 Å². The van der Waals surface area contributed by atoms with Gasteiger partial charge >= 0.3 is 0 Å². The average molecular weight is 315 g/mol. The first kappa shape index (κ1) is 12.4. The van der Waals surface area contributed by atoms with Crippen LogP contribution in [0.25, 0.3) is 0 Å². The van der Waals surface area contributed by atoms with Gasteiger partial charge in [-0.2, -0.15) is 11.3 Å². The van der Waals surface area contributed by atoms with Crippen molar-refractivity contribution in [3.05, 3.63) is 44.8 Å². The summed E-state index contributed by atoms with van der Waals surface area (Å²) in [4.78, 5) is 1.94. The summed E-state index contributed by atoms with van der Waals surface area (Å²) in [6.07, 6.45) is 0. The quantitative estimate of drug-likeness (QED) is 0.871. The van der Waals surface area contributed by atoms with Crippen molar-refractivity contribution in [2.75, 3.05) is 17.7 Å². The van der Waals surface area contributed by atoms with Gasteiger partial charge in [0.2, 0.25) is 0 Å². The van der Waals surface area contributed by atoms with Crippen molar-refractivity contribution in [3.63, 3.8) is 0 Å². The Morgan fingerprint density at radius 1 is 1.47 bits per heavy atom. The van der Waals surface area contributed by atoms with Crippen molar-refractivity contribution in [3.8, 4) is 0 Å². The highest BCUT2D eigenvalue weighted by molar-refractivity contribution is 9.10. The molecule has 0 radical (unpaired) electrons. The maximum Gasteiger partial charge on any atom is 0.139 e.